The van der Waals surface area contributed by atoms with Crippen LogP contribution in [0.25, 0.3) is 0 Å². The topological polar surface area (TPSA) is 46.5 Å². The first kappa shape index (κ1) is 11.7. The van der Waals surface area contributed by atoms with E-state index in [9.17, 15) is 9.90 Å². The van der Waals surface area contributed by atoms with E-state index < -0.39 is 12.1 Å². The molecule has 1 atom stereocenters. The van der Waals surface area contributed by atoms with Crippen molar-refractivity contribution < 1.29 is 14.6 Å². The number of aliphatic hydroxyl groups is 1. The van der Waals surface area contributed by atoms with Gasteiger partial charge in [-0.2, -0.15) is 0 Å². The minimum atomic E-state index is -0.782. The van der Waals surface area contributed by atoms with Crippen molar-refractivity contribution in [1.29, 1.82) is 0 Å². The number of carbonyl (C=O) groups excluding carboxylic acids is 1. The Labute approximate surface area is 94.8 Å². The van der Waals surface area contributed by atoms with E-state index in [0.29, 0.717) is 0 Å². The zero-order valence-corrected chi connectivity index (χ0v) is 10.3. The van der Waals surface area contributed by atoms with Gasteiger partial charge in [-0.3, -0.25) is 4.79 Å². The molecule has 0 unspecified atom stereocenters. The first-order valence-electron chi connectivity index (χ1n) is 4.04. The van der Waals surface area contributed by atoms with Crippen LogP contribution in [0, 0.1) is 6.92 Å². The van der Waals surface area contributed by atoms with Gasteiger partial charge in [-0.25, -0.2) is 0 Å². The number of esters is 1. The number of aliphatic hydroxyl groups excluding tert-OH is 1. The van der Waals surface area contributed by atoms with Gasteiger partial charge in [0.2, 0.25) is 0 Å². The van der Waals surface area contributed by atoms with E-state index >= 15 is 0 Å². The number of methoxy groups -OCH3 is 1. The predicted molar refractivity (Wildman–Crippen MR) is 58.3 cm³/mol. The fourth-order valence-electron chi connectivity index (χ4n) is 1.01. The van der Waals surface area contributed by atoms with Crippen molar-refractivity contribution in [2.24, 2.45) is 0 Å². The Balaban J connectivity index is 2.74. The smallest absolute Gasteiger partial charge is 0.308 e. The second-order valence-corrected chi connectivity index (χ2v) is 4.60. The van der Waals surface area contributed by atoms with Crippen LogP contribution in [0.4, 0.5) is 0 Å². The van der Waals surface area contributed by atoms with Gasteiger partial charge in [0.05, 0.1) is 19.6 Å². The highest BCUT2D eigenvalue weighted by Gasteiger charge is 2.18. The Morgan fingerprint density at radius 2 is 2.43 bits per heavy atom. The average Bonchev–Trinajstić information content (AvgIpc) is 2.47. The Hall–Kier alpha value is -0.390. The van der Waals surface area contributed by atoms with Crippen LogP contribution in [-0.2, 0) is 9.53 Å². The molecular formula is C9H11BrO3S. The third-order valence-electron chi connectivity index (χ3n) is 1.82. The van der Waals surface area contributed by atoms with Crippen LogP contribution in [0.15, 0.2) is 9.85 Å². The van der Waals surface area contributed by atoms with Gasteiger partial charge in [0.1, 0.15) is 0 Å². The average molecular weight is 279 g/mol. The summed E-state index contributed by atoms with van der Waals surface area (Å²) in [7, 11) is 1.31. The summed E-state index contributed by atoms with van der Waals surface area (Å²) < 4.78 is 5.35. The van der Waals surface area contributed by atoms with Crippen LogP contribution in [0.5, 0.6) is 0 Å². The van der Waals surface area contributed by atoms with E-state index in [-0.39, 0.29) is 6.42 Å². The van der Waals surface area contributed by atoms with E-state index in [1.807, 2.05) is 12.3 Å². The van der Waals surface area contributed by atoms with Crippen molar-refractivity contribution >= 4 is 33.2 Å². The summed E-state index contributed by atoms with van der Waals surface area (Å²) in [6, 6.07) is 0. The normalized spacial score (nSPS) is 12.6. The van der Waals surface area contributed by atoms with Crippen molar-refractivity contribution in [3.8, 4) is 0 Å². The van der Waals surface area contributed by atoms with E-state index in [1.165, 1.54) is 18.4 Å². The van der Waals surface area contributed by atoms with Crippen molar-refractivity contribution in [2.45, 2.75) is 19.4 Å². The van der Waals surface area contributed by atoms with Crippen LogP contribution in [0.2, 0.25) is 0 Å². The number of ether oxygens (including phenoxy) is 1. The lowest BCUT2D eigenvalue weighted by Gasteiger charge is -2.07. The van der Waals surface area contributed by atoms with Gasteiger partial charge in [0, 0.05) is 9.35 Å². The molecule has 1 aromatic heterocycles. The lowest BCUT2D eigenvalue weighted by molar-refractivity contribution is -0.142. The van der Waals surface area contributed by atoms with Gasteiger partial charge in [-0.1, -0.05) is 0 Å². The summed E-state index contributed by atoms with van der Waals surface area (Å²) in [5.74, 6) is -0.407. The summed E-state index contributed by atoms with van der Waals surface area (Å²) in [6.07, 6.45) is -0.787. The van der Waals surface area contributed by atoms with Gasteiger partial charge in [0.25, 0.3) is 0 Å². The van der Waals surface area contributed by atoms with Gasteiger partial charge < -0.3 is 9.84 Å². The van der Waals surface area contributed by atoms with Crippen LogP contribution in [-0.4, -0.2) is 18.2 Å². The van der Waals surface area contributed by atoms with Crippen molar-refractivity contribution in [1.82, 2.24) is 0 Å². The predicted octanol–water partition coefficient (Wildman–Crippen LogP) is 2.42. The SMILES string of the molecule is COC(=O)C[C@H](O)c1scc(C)c1Br. The van der Waals surface area contributed by atoms with E-state index in [0.717, 1.165) is 14.9 Å². The van der Waals surface area contributed by atoms with Gasteiger partial charge >= 0.3 is 5.97 Å². The maximum Gasteiger partial charge on any atom is 0.308 e. The molecule has 0 fully saturated rings. The van der Waals surface area contributed by atoms with Crippen molar-refractivity contribution in [3.05, 3.63) is 20.3 Å². The van der Waals surface area contributed by atoms with Crippen molar-refractivity contribution in [2.75, 3.05) is 7.11 Å². The third-order valence-corrected chi connectivity index (χ3v) is 4.33. The maximum atomic E-state index is 10.9. The minimum absolute atomic E-state index is 0.00491. The molecule has 1 rings (SSSR count). The Bertz CT molecular complexity index is 335. The Kier molecular flexibility index (Phi) is 4.10. The first-order chi connectivity index (χ1) is 6.56. The number of rotatable bonds is 3. The van der Waals surface area contributed by atoms with Crippen LogP contribution >= 0.6 is 27.3 Å². The lowest BCUT2D eigenvalue weighted by atomic mass is 10.2. The number of thiophene rings is 1. The van der Waals surface area contributed by atoms with Gasteiger partial charge in [-0.15, -0.1) is 11.3 Å². The summed E-state index contributed by atoms with van der Waals surface area (Å²) in [4.78, 5) is 11.7. The highest BCUT2D eigenvalue weighted by molar-refractivity contribution is 9.10. The van der Waals surface area contributed by atoms with Crippen LogP contribution < -0.4 is 0 Å². The molecule has 0 saturated carbocycles. The number of halogens is 1. The zero-order valence-electron chi connectivity index (χ0n) is 7.91. The molecule has 0 aliphatic carbocycles. The fourth-order valence-corrected chi connectivity index (χ4v) is 2.75. The quantitative estimate of drug-likeness (QED) is 0.864. The molecule has 1 heterocycles. The summed E-state index contributed by atoms with van der Waals surface area (Å²) in [5.41, 5.74) is 1.06. The van der Waals surface area contributed by atoms with E-state index in [1.54, 1.807) is 0 Å². The van der Waals surface area contributed by atoms with E-state index in [2.05, 4.69) is 20.7 Å². The van der Waals surface area contributed by atoms with Crippen molar-refractivity contribution in [3.63, 3.8) is 0 Å². The molecule has 1 aromatic rings. The molecule has 0 radical (unpaired) electrons. The molecule has 0 aromatic carbocycles. The summed E-state index contributed by atoms with van der Waals surface area (Å²) in [5, 5.41) is 11.6. The standard InChI is InChI=1S/C9H11BrO3S/c1-5-4-14-9(8(5)10)6(11)3-7(12)13-2/h4,6,11H,3H2,1-2H3/t6-/m0/s1. The third kappa shape index (κ3) is 2.56. The molecule has 0 spiro atoms. The summed E-state index contributed by atoms with van der Waals surface area (Å²) >= 11 is 4.79. The molecule has 3 nitrogen and oxygen atoms in total. The number of hydrogen-bond acceptors (Lipinski definition) is 4. The second-order valence-electron chi connectivity index (χ2n) is 2.89. The zero-order chi connectivity index (χ0) is 10.7. The Morgan fingerprint density at radius 3 is 2.86 bits per heavy atom. The maximum absolute atomic E-state index is 10.9. The molecule has 1 N–H and O–H groups in total. The molecule has 78 valence electrons. The second kappa shape index (κ2) is 4.91. The highest BCUT2D eigenvalue weighted by atomic mass is 79.9. The number of aryl methyl sites for hydroxylation is 1. The van der Waals surface area contributed by atoms with Gasteiger partial charge in [0.15, 0.2) is 0 Å². The monoisotopic (exact) mass is 278 g/mol. The molecule has 5 heteroatoms. The molecule has 14 heavy (non-hydrogen) atoms. The molecule has 0 amide bonds. The van der Waals surface area contributed by atoms with Crippen LogP contribution in [0.1, 0.15) is 23.0 Å². The lowest BCUT2D eigenvalue weighted by Crippen LogP contribution is -2.07. The molecule has 0 bridgehead atoms. The minimum Gasteiger partial charge on any atom is -0.469 e. The van der Waals surface area contributed by atoms with E-state index in [4.69, 9.17) is 0 Å². The number of hydrogen-bond donors (Lipinski definition) is 1. The molecule has 0 saturated heterocycles. The molecular weight excluding hydrogens is 268 g/mol. The summed E-state index contributed by atoms with van der Waals surface area (Å²) in [6.45, 7) is 1.94. The van der Waals surface area contributed by atoms with Crippen LogP contribution in [0.3, 0.4) is 0 Å². The first-order valence-corrected chi connectivity index (χ1v) is 5.72. The largest absolute Gasteiger partial charge is 0.469 e. The highest BCUT2D eigenvalue weighted by Crippen LogP contribution is 2.34. The molecule has 0 aliphatic heterocycles. The molecule has 0 aliphatic rings. The fraction of sp³-hybridized carbons (Fsp3) is 0.444. The van der Waals surface area contributed by atoms with Gasteiger partial charge in [-0.05, 0) is 33.8 Å². The Morgan fingerprint density at radius 1 is 1.79 bits per heavy atom. The number of carbonyl (C=O) groups is 1.